The van der Waals surface area contributed by atoms with Gasteiger partial charge in [-0.15, -0.1) is 0 Å². The predicted octanol–water partition coefficient (Wildman–Crippen LogP) is 1.76. The topological polar surface area (TPSA) is 78.6 Å². The first-order chi connectivity index (χ1) is 8.86. The zero-order chi connectivity index (χ0) is 14.5. The molecule has 0 aliphatic heterocycles. The van der Waals surface area contributed by atoms with E-state index in [1.54, 1.807) is 26.0 Å². The largest absolute Gasteiger partial charge is 0.493 e. The Morgan fingerprint density at radius 3 is 2.21 bits per heavy atom. The number of hydrogen-bond donors (Lipinski definition) is 1. The molecule has 0 amide bonds. The van der Waals surface area contributed by atoms with Gasteiger partial charge < -0.3 is 9.47 Å². The Kier molecular flexibility index (Phi) is 5.78. The quantitative estimate of drug-likeness (QED) is 0.775. The summed E-state index contributed by atoms with van der Waals surface area (Å²) in [5.74, 6) is 0.652. The van der Waals surface area contributed by atoms with Gasteiger partial charge in [0.2, 0.25) is 10.0 Å². The molecular weight excluding hydrogens is 266 g/mol. The molecule has 1 rings (SSSR count). The molecule has 0 bridgehead atoms. The molecule has 108 valence electrons. The first-order valence-corrected chi connectivity index (χ1v) is 7.75. The summed E-state index contributed by atoms with van der Waals surface area (Å²) in [5.41, 5.74) is 1.20. The number of rotatable bonds is 7. The summed E-state index contributed by atoms with van der Waals surface area (Å²) in [4.78, 5) is 0.175. The monoisotopic (exact) mass is 287 g/mol. The van der Waals surface area contributed by atoms with Crippen LogP contribution < -0.4 is 9.88 Å². The molecule has 0 fully saturated rings. The minimum absolute atomic E-state index is 0.175. The molecule has 5 nitrogen and oxygen atoms in total. The Bertz CT molecular complexity index is 502. The maximum Gasteiger partial charge on any atom is 0.238 e. The zero-order valence-electron chi connectivity index (χ0n) is 11.6. The smallest absolute Gasteiger partial charge is 0.238 e. The van der Waals surface area contributed by atoms with Crippen LogP contribution in [0.2, 0.25) is 0 Å². The predicted molar refractivity (Wildman–Crippen MR) is 73.9 cm³/mol. The molecule has 0 aromatic heterocycles. The molecule has 0 heterocycles. The molecule has 0 saturated carbocycles. The third-order valence-corrected chi connectivity index (χ3v) is 3.84. The molecule has 0 aliphatic rings. The van der Waals surface area contributed by atoms with Crippen molar-refractivity contribution in [1.82, 2.24) is 0 Å². The Morgan fingerprint density at radius 2 is 1.74 bits per heavy atom. The van der Waals surface area contributed by atoms with E-state index in [1.807, 2.05) is 6.92 Å². The standard InChI is InChI=1S/C13H21NO4S/c1-4-17-6-5-7-18-12-8-10(2)13(11(3)9-12)19(14,15)16/h8-9H,4-7H2,1-3H3,(H2,14,15,16). The van der Waals surface area contributed by atoms with Gasteiger partial charge in [0.05, 0.1) is 11.5 Å². The van der Waals surface area contributed by atoms with Crippen LogP contribution in [0.1, 0.15) is 24.5 Å². The fraction of sp³-hybridized carbons (Fsp3) is 0.538. The third kappa shape index (κ3) is 4.81. The van der Waals surface area contributed by atoms with Crippen LogP contribution in [0.25, 0.3) is 0 Å². The van der Waals surface area contributed by atoms with Crippen LogP contribution in [0.15, 0.2) is 17.0 Å². The molecule has 0 aliphatic carbocycles. The molecule has 0 radical (unpaired) electrons. The van der Waals surface area contributed by atoms with Crippen molar-refractivity contribution in [2.45, 2.75) is 32.1 Å². The van der Waals surface area contributed by atoms with Crippen molar-refractivity contribution >= 4 is 10.0 Å². The Morgan fingerprint density at radius 1 is 1.16 bits per heavy atom. The van der Waals surface area contributed by atoms with E-state index in [4.69, 9.17) is 14.6 Å². The van der Waals surface area contributed by atoms with Crippen molar-refractivity contribution in [3.8, 4) is 5.75 Å². The molecule has 19 heavy (non-hydrogen) atoms. The van der Waals surface area contributed by atoms with Gasteiger partial charge in [0.15, 0.2) is 0 Å². The molecule has 1 aromatic carbocycles. The van der Waals surface area contributed by atoms with E-state index in [9.17, 15) is 8.42 Å². The first-order valence-electron chi connectivity index (χ1n) is 6.21. The van der Waals surface area contributed by atoms with Crippen molar-refractivity contribution in [3.63, 3.8) is 0 Å². The van der Waals surface area contributed by atoms with E-state index in [-0.39, 0.29) is 4.90 Å². The van der Waals surface area contributed by atoms with E-state index in [0.717, 1.165) is 6.42 Å². The third-order valence-electron chi connectivity index (χ3n) is 2.62. The van der Waals surface area contributed by atoms with Crippen LogP contribution in [0, 0.1) is 13.8 Å². The summed E-state index contributed by atoms with van der Waals surface area (Å²) in [5, 5.41) is 5.18. The van der Waals surface area contributed by atoms with E-state index < -0.39 is 10.0 Å². The number of primary sulfonamides is 1. The van der Waals surface area contributed by atoms with Crippen molar-refractivity contribution in [2.75, 3.05) is 19.8 Å². The van der Waals surface area contributed by atoms with Crippen LogP contribution in [-0.4, -0.2) is 28.2 Å². The highest BCUT2D eigenvalue weighted by Gasteiger charge is 2.16. The van der Waals surface area contributed by atoms with Gasteiger partial charge >= 0.3 is 0 Å². The second-order valence-corrected chi connectivity index (χ2v) is 5.83. The summed E-state index contributed by atoms with van der Waals surface area (Å²) >= 11 is 0. The number of benzene rings is 1. The van der Waals surface area contributed by atoms with Gasteiger partial charge in [-0.25, -0.2) is 13.6 Å². The lowest BCUT2D eigenvalue weighted by atomic mass is 10.1. The van der Waals surface area contributed by atoms with Crippen LogP contribution in [-0.2, 0) is 14.8 Å². The number of sulfonamides is 1. The van der Waals surface area contributed by atoms with E-state index in [2.05, 4.69) is 0 Å². The number of nitrogens with two attached hydrogens (primary N) is 1. The second-order valence-electron chi connectivity index (χ2n) is 4.33. The van der Waals surface area contributed by atoms with Crippen LogP contribution in [0.5, 0.6) is 5.75 Å². The number of hydrogen-bond acceptors (Lipinski definition) is 4. The Hall–Kier alpha value is -1.11. The van der Waals surface area contributed by atoms with E-state index >= 15 is 0 Å². The molecule has 0 spiro atoms. The lowest BCUT2D eigenvalue weighted by Crippen LogP contribution is -2.15. The van der Waals surface area contributed by atoms with E-state index in [1.165, 1.54) is 0 Å². The van der Waals surface area contributed by atoms with Crippen LogP contribution in [0.4, 0.5) is 0 Å². The molecule has 6 heteroatoms. The van der Waals surface area contributed by atoms with Gasteiger partial charge in [0.25, 0.3) is 0 Å². The number of aryl methyl sites for hydroxylation is 2. The molecule has 2 N–H and O–H groups in total. The summed E-state index contributed by atoms with van der Waals surface area (Å²) < 4.78 is 33.7. The van der Waals surface area contributed by atoms with Crippen molar-refractivity contribution < 1.29 is 17.9 Å². The lowest BCUT2D eigenvalue weighted by molar-refractivity contribution is 0.131. The summed E-state index contributed by atoms with van der Waals surface area (Å²) in [6, 6.07) is 3.38. The molecule has 0 saturated heterocycles. The van der Waals surface area contributed by atoms with Crippen molar-refractivity contribution in [2.24, 2.45) is 5.14 Å². The summed E-state index contributed by atoms with van der Waals surface area (Å²) in [6.45, 7) is 7.25. The van der Waals surface area contributed by atoms with E-state index in [0.29, 0.717) is 36.7 Å². The SMILES string of the molecule is CCOCCCOc1cc(C)c(S(N)(=O)=O)c(C)c1. The fourth-order valence-corrected chi connectivity index (χ4v) is 2.95. The van der Waals surface area contributed by atoms with Crippen LogP contribution in [0.3, 0.4) is 0 Å². The molecule has 0 atom stereocenters. The Balaban J connectivity index is 2.74. The second kappa shape index (κ2) is 6.88. The Labute approximate surface area is 114 Å². The lowest BCUT2D eigenvalue weighted by Gasteiger charge is -2.12. The van der Waals surface area contributed by atoms with Crippen molar-refractivity contribution in [3.05, 3.63) is 23.3 Å². The highest BCUT2D eigenvalue weighted by Crippen LogP contribution is 2.24. The molecule has 1 aromatic rings. The fourth-order valence-electron chi connectivity index (χ4n) is 1.94. The van der Waals surface area contributed by atoms with Gasteiger partial charge in [-0.3, -0.25) is 0 Å². The van der Waals surface area contributed by atoms with Crippen molar-refractivity contribution in [1.29, 1.82) is 0 Å². The average Bonchev–Trinajstić information content (AvgIpc) is 2.25. The molecular formula is C13H21NO4S. The summed E-state index contributed by atoms with van der Waals surface area (Å²) in [6.07, 6.45) is 0.795. The maximum atomic E-state index is 11.4. The minimum Gasteiger partial charge on any atom is -0.493 e. The zero-order valence-corrected chi connectivity index (χ0v) is 12.4. The van der Waals surface area contributed by atoms with Gasteiger partial charge in [-0.1, -0.05) is 0 Å². The first kappa shape index (κ1) is 15.9. The summed E-state index contributed by atoms with van der Waals surface area (Å²) in [7, 11) is -3.69. The maximum absolute atomic E-state index is 11.4. The average molecular weight is 287 g/mol. The normalized spacial score (nSPS) is 11.6. The minimum atomic E-state index is -3.69. The van der Waals surface area contributed by atoms with Gasteiger partial charge in [0, 0.05) is 19.6 Å². The van der Waals surface area contributed by atoms with Gasteiger partial charge in [-0.2, -0.15) is 0 Å². The molecule has 0 unspecified atom stereocenters. The van der Waals surface area contributed by atoms with Gasteiger partial charge in [0.1, 0.15) is 5.75 Å². The van der Waals surface area contributed by atoms with Crippen LogP contribution >= 0.6 is 0 Å². The van der Waals surface area contributed by atoms with Gasteiger partial charge in [-0.05, 0) is 44.0 Å². The number of ether oxygens (including phenoxy) is 2. The highest BCUT2D eigenvalue weighted by atomic mass is 32.2. The highest BCUT2D eigenvalue weighted by molar-refractivity contribution is 7.89.